The Bertz CT molecular complexity index is 458. The zero-order valence-corrected chi connectivity index (χ0v) is 10.4. The van der Waals surface area contributed by atoms with E-state index >= 15 is 0 Å². The molecule has 0 aromatic carbocycles. The van der Waals surface area contributed by atoms with Crippen LogP contribution < -0.4 is 0 Å². The minimum absolute atomic E-state index is 0.764. The van der Waals surface area contributed by atoms with E-state index < -0.39 is 0 Å². The molecule has 0 fully saturated rings. The first-order chi connectivity index (χ1) is 7.19. The summed E-state index contributed by atoms with van der Waals surface area (Å²) < 4.78 is 4.76. The molecule has 0 unspecified atom stereocenters. The summed E-state index contributed by atoms with van der Waals surface area (Å²) in [7, 11) is 0. The number of rotatable bonds is 3. The fourth-order valence-electron chi connectivity index (χ4n) is 1.59. The molecule has 0 amide bonds. The van der Waals surface area contributed by atoms with Gasteiger partial charge in [0.2, 0.25) is 0 Å². The van der Waals surface area contributed by atoms with E-state index in [1.165, 1.54) is 5.69 Å². The average molecular weight is 269 g/mol. The molecule has 4 nitrogen and oxygen atoms in total. The van der Waals surface area contributed by atoms with Crippen molar-refractivity contribution in [3.63, 3.8) is 0 Å². The fraction of sp³-hybridized carbons (Fsp3) is 0.400. The summed E-state index contributed by atoms with van der Waals surface area (Å²) in [6.45, 7) is 5.76. The summed E-state index contributed by atoms with van der Waals surface area (Å²) in [5, 5.41) is 8.68. The van der Waals surface area contributed by atoms with Gasteiger partial charge in [-0.25, -0.2) is 0 Å². The van der Waals surface area contributed by atoms with Crippen LogP contribution in [0.5, 0.6) is 0 Å². The molecule has 80 valence electrons. The molecule has 5 heteroatoms. The Morgan fingerprint density at radius 3 is 2.80 bits per heavy atom. The van der Waals surface area contributed by atoms with Crippen molar-refractivity contribution in [3.05, 3.63) is 34.3 Å². The van der Waals surface area contributed by atoms with Crippen LogP contribution in [0.1, 0.15) is 18.3 Å². The van der Waals surface area contributed by atoms with Crippen molar-refractivity contribution < 1.29 is 0 Å². The minimum Gasteiger partial charge on any atom is -0.268 e. The van der Waals surface area contributed by atoms with Gasteiger partial charge in [0.05, 0.1) is 17.9 Å². The van der Waals surface area contributed by atoms with Crippen LogP contribution in [0.25, 0.3) is 0 Å². The van der Waals surface area contributed by atoms with Gasteiger partial charge in [0, 0.05) is 12.7 Å². The Kier molecular flexibility index (Phi) is 2.90. The van der Waals surface area contributed by atoms with Crippen molar-refractivity contribution >= 4 is 15.9 Å². The lowest BCUT2D eigenvalue weighted by Gasteiger charge is -2.04. The highest BCUT2D eigenvalue weighted by Crippen LogP contribution is 2.08. The van der Waals surface area contributed by atoms with Gasteiger partial charge in [0.15, 0.2) is 0 Å². The molecular formula is C10H13BrN4. The second-order valence-electron chi connectivity index (χ2n) is 3.43. The van der Waals surface area contributed by atoms with Crippen LogP contribution in [-0.2, 0) is 13.1 Å². The third-order valence-corrected chi connectivity index (χ3v) is 2.64. The first-order valence-electron chi connectivity index (χ1n) is 4.91. The van der Waals surface area contributed by atoms with Crippen molar-refractivity contribution in [2.24, 2.45) is 0 Å². The van der Waals surface area contributed by atoms with Crippen molar-refractivity contribution in [2.45, 2.75) is 26.9 Å². The van der Waals surface area contributed by atoms with Gasteiger partial charge in [-0.05, 0) is 41.9 Å². The zero-order valence-electron chi connectivity index (χ0n) is 8.81. The zero-order chi connectivity index (χ0) is 10.8. The second kappa shape index (κ2) is 4.18. The fourth-order valence-corrected chi connectivity index (χ4v) is 1.91. The smallest absolute Gasteiger partial charge is 0.128 e. The van der Waals surface area contributed by atoms with E-state index in [-0.39, 0.29) is 0 Å². The van der Waals surface area contributed by atoms with Gasteiger partial charge in [-0.1, -0.05) is 0 Å². The topological polar surface area (TPSA) is 35.6 Å². The molecule has 2 aromatic heterocycles. The van der Waals surface area contributed by atoms with Crippen molar-refractivity contribution in [1.29, 1.82) is 0 Å². The van der Waals surface area contributed by atoms with E-state index in [0.29, 0.717) is 0 Å². The number of halogens is 1. The Balaban J connectivity index is 2.23. The van der Waals surface area contributed by atoms with Crippen LogP contribution in [0.15, 0.2) is 22.9 Å². The SMILES string of the molecule is CCn1nc(C)cc1Cn1ccc(Br)n1. The number of aryl methyl sites for hydroxylation is 2. The maximum Gasteiger partial charge on any atom is 0.128 e. The molecule has 2 heterocycles. The van der Waals surface area contributed by atoms with Crippen molar-refractivity contribution in [2.75, 3.05) is 0 Å². The molecule has 0 spiro atoms. The molecule has 0 atom stereocenters. The molecule has 0 N–H and O–H groups in total. The summed E-state index contributed by atoms with van der Waals surface area (Å²) in [5.41, 5.74) is 2.24. The summed E-state index contributed by atoms with van der Waals surface area (Å²) in [4.78, 5) is 0. The third kappa shape index (κ3) is 2.28. The lowest BCUT2D eigenvalue weighted by Crippen LogP contribution is -2.08. The predicted molar refractivity (Wildman–Crippen MR) is 61.7 cm³/mol. The molecule has 2 rings (SSSR count). The highest BCUT2D eigenvalue weighted by molar-refractivity contribution is 9.10. The average Bonchev–Trinajstić information content (AvgIpc) is 2.73. The summed E-state index contributed by atoms with van der Waals surface area (Å²) >= 11 is 3.33. The summed E-state index contributed by atoms with van der Waals surface area (Å²) in [6.07, 6.45) is 1.95. The highest BCUT2D eigenvalue weighted by atomic mass is 79.9. The van der Waals surface area contributed by atoms with Crippen molar-refractivity contribution in [1.82, 2.24) is 19.6 Å². The van der Waals surface area contributed by atoms with E-state index in [0.717, 1.165) is 23.4 Å². The Morgan fingerprint density at radius 1 is 1.40 bits per heavy atom. The number of aromatic nitrogens is 4. The lowest BCUT2D eigenvalue weighted by molar-refractivity contribution is 0.574. The molecule has 2 aromatic rings. The van der Waals surface area contributed by atoms with Gasteiger partial charge in [-0.3, -0.25) is 9.36 Å². The molecular weight excluding hydrogens is 256 g/mol. The van der Waals surface area contributed by atoms with E-state index in [4.69, 9.17) is 0 Å². The molecule has 0 aliphatic heterocycles. The molecule has 0 radical (unpaired) electrons. The standard InChI is InChI=1S/C10H13BrN4/c1-3-15-9(6-8(2)12-15)7-14-5-4-10(11)13-14/h4-6H,3,7H2,1-2H3. The van der Waals surface area contributed by atoms with Crippen LogP contribution in [0.3, 0.4) is 0 Å². The molecule has 15 heavy (non-hydrogen) atoms. The van der Waals surface area contributed by atoms with Gasteiger partial charge >= 0.3 is 0 Å². The predicted octanol–water partition coefficient (Wildman–Crippen LogP) is 2.22. The van der Waals surface area contributed by atoms with Crippen LogP contribution in [0.4, 0.5) is 0 Å². The highest BCUT2D eigenvalue weighted by Gasteiger charge is 2.05. The Labute approximate surface area is 97.0 Å². The van der Waals surface area contributed by atoms with E-state index in [9.17, 15) is 0 Å². The monoisotopic (exact) mass is 268 g/mol. The maximum absolute atomic E-state index is 4.40. The van der Waals surface area contributed by atoms with Crippen LogP contribution in [0.2, 0.25) is 0 Å². The van der Waals surface area contributed by atoms with Gasteiger partial charge in [-0.2, -0.15) is 10.2 Å². The number of hydrogen-bond donors (Lipinski definition) is 0. The first-order valence-corrected chi connectivity index (χ1v) is 5.70. The molecule has 0 aliphatic rings. The van der Waals surface area contributed by atoms with Crippen LogP contribution in [0, 0.1) is 6.92 Å². The minimum atomic E-state index is 0.764. The Morgan fingerprint density at radius 2 is 2.20 bits per heavy atom. The third-order valence-electron chi connectivity index (χ3n) is 2.22. The Hall–Kier alpha value is -1.10. The van der Waals surface area contributed by atoms with E-state index in [1.807, 2.05) is 28.6 Å². The quantitative estimate of drug-likeness (QED) is 0.856. The number of nitrogens with zero attached hydrogens (tertiary/aromatic N) is 4. The first kappa shape index (κ1) is 10.4. The van der Waals surface area contributed by atoms with Gasteiger partial charge in [0.25, 0.3) is 0 Å². The summed E-state index contributed by atoms with van der Waals surface area (Å²) in [5.74, 6) is 0. The number of hydrogen-bond acceptors (Lipinski definition) is 2. The maximum atomic E-state index is 4.40. The second-order valence-corrected chi connectivity index (χ2v) is 4.24. The molecule has 0 aliphatic carbocycles. The van der Waals surface area contributed by atoms with Gasteiger partial charge < -0.3 is 0 Å². The molecule has 0 bridgehead atoms. The normalized spacial score (nSPS) is 10.9. The largest absolute Gasteiger partial charge is 0.268 e. The molecule has 0 saturated carbocycles. The van der Waals surface area contributed by atoms with E-state index in [1.54, 1.807) is 0 Å². The van der Waals surface area contributed by atoms with Gasteiger partial charge in [0.1, 0.15) is 4.60 Å². The van der Waals surface area contributed by atoms with E-state index in [2.05, 4.69) is 39.1 Å². The van der Waals surface area contributed by atoms with Crippen molar-refractivity contribution in [3.8, 4) is 0 Å². The van der Waals surface area contributed by atoms with Crippen LogP contribution in [-0.4, -0.2) is 19.6 Å². The molecule has 0 saturated heterocycles. The lowest BCUT2D eigenvalue weighted by atomic mass is 10.3. The van der Waals surface area contributed by atoms with Crippen LogP contribution >= 0.6 is 15.9 Å². The van der Waals surface area contributed by atoms with Gasteiger partial charge in [-0.15, -0.1) is 0 Å². The summed E-state index contributed by atoms with van der Waals surface area (Å²) in [6, 6.07) is 4.03.